The summed E-state index contributed by atoms with van der Waals surface area (Å²) in [6.07, 6.45) is 1.98. The molecule has 0 bridgehead atoms. The Labute approximate surface area is 122 Å². The Kier molecular flexibility index (Phi) is 7.41. The molecule has 0 saturated heterocycles. The highest BCUT2D eigenvalue weighted by atomic mass is 16.5. The van der Waals surface area contributed by atoms with E-state index in [-0.39, 0.29) is 0 Å². The SMILES string of the molecule is COCCC(C)NC(C)Cc1ccc(OC)c(OC)c1. The molecule has 4 nitrogen and oxygen atoms in total. The fraction of sp³-hybridized carbons (Fsp3) is 0.625. The summed E-state index contributed by atoms with van der Waals surface area (Å²) in [6, 6.07) is 6.93. The van der Waals surface area contributed by atoms with Crippen molar-refractivity contribution in [3.63, 3.8) is 0 Å². The van der Waals surface area contributed by atoms with Gasteiger partial charge in [0.2, 0.25) is 0 Å². The predicted octanol–water partition coefficient (Wildman–Crippen LogP) is 2.65. The van der Waals surface area contributed by atoms with Gasteiger partial charge in [-0.25, -0.2) is 0 Å². The van der Waals surface area contributed by atoms with Crippen LogP contribution in [0.15, 0.2) is 18.2 Å². The first-order valence-corrected chi connectivity index (χ1v) is 7.06. The molecule has 0 radical (unpaired) electrons. The molecule has 1 aromatic carbocycles. The van der Waals surface area contributed by atoms with Crippen LogP contribution in [0, 0.1) is 0 Å². The molecule has 0 aromatic heterocycles. The number of hydrogen-bond donors (Lipinski definition) is 1. The molecule has 4 heteroatoms. The number of hydrogen-bond acceptors (Lipinski definition) is 4. The Hall–Kier alpha value is -1.26. The first-order chi connectivity index (χ1) is 9.60. The Balaban J connectivity index is 2.55. The number of benzene rings is 1. The van der Waals surface area contributed by atoms with Gasteiger partial charge >= 0.3 is 0 Å². The minimum Gasteiger partial charge on any atom is -0.493 e. The molecule has 0 amide bonds. The monoisotopic (exact) mass is 281 g/mol. The number of methoxy groups -OCH3 is 3. The van der Waals surface area contributed by atoms with Crippen molar-refractivity contribution in [3.05, 3.63) is 23.8 Å². The molecule has 20 heavy (non-hydrogen) atoms. The maximum absolute atomic E-state index is 5.33. The lowest BCUT2D eigenvalue weighted by Gasteiger charge is -2.20. The molecule has 1 rings (SSSR count). The molecule has 0 spiro atoms. The van der Waals surface area contributed by atoms with E-state index in [4.69, 9.17) is 14.2 Å². The van der Waals surface area contributed by atoms with Gasteiger partial charge in [0.25, 0.3) is 0 Å². The van der Waals surface area contributed by atoms with E-state index < -0.39 is 0 Å². The van der Waals surface area contributed by atoms with Crippen LogP contribution in [0.2, 0.25) is 0 Å². The summed E-state index contributed by atoms with van der Waals surface area (Å²) >= 11 is 0. The minimum absolute atomic E-state index is 0.403. The standard InChI is InChI=1S/C16H27NO3/c1-12(8-9-18-3)17-13(2)10-14-6-7-15(19-4)16(11-14)20-5/h6-7,11-13,17H,8-10H2,1-5H3. The van der Waals surface area contributed by atoms with Gasteiger partial charge in [0.15, 0.2) is 11.5 Å². The van der Waals surface area contributed by atoms with Crippen LogP contribution < -0.4 is 14.8 Å². The summed E-state index contributed by atoms with van der Waals surface area (Å²) < 4.78 is 15.7. The Morgan fingerprint density at radius 2 is 1.70 bits per heavy atom. The van der Waals surface area contributed by atoms with Crippen LogP contribution >= 0.6 is 0 Å². The molecule has 0 saturated carbocycles. The number of rotatable bonds is 9. The van der Waals surface area contributed by atoms with Crippen molar-refractivity contribution in [3.8, 4) is 11.5 Å². The van der Waals surface area contributed by atoms with Crippen molar-refractivity contribution in [1.82, 2.24) is 5.32 Å². The minimum atomic E-state index is 0.403. The van der Waals surface area contributed by atoms with Gasteiger partial charge in [-0.1, -0.05) is 6.07 Å². The Morgan fingerprint density at radius 1 is 1.00 bits per heavy atom. The third-order valence-corrected chi connectivity index (χ3v) is 3.31. The smallest absolute Gasteiger partial charge is 0.160 e. The molecule has 0 fully saturated rings. The van der Waals surface area contributed by atoms with Gasteiger partial charge in [-0.2, -0.15) is 0 Å². The third kappa shape index (κ3) is 5.39. The van der Waals surface area contributed by atoms with Crippen LogP contribution in [0.5, 0.6) is 11.5 Å². The van der Waals surface area contributed by atoms with Crippen molar-refractivity contribution >= 4 is 0 Å². The summed E-state index contributed by atoms with van der Waals surface area (Å²) in [5.74, 6) is 1.55. The van der Waals surface area contributed by atoms with E-state index in [1.54, 1.807) is 21.3 Å². The molecule has 0 aliphatic heterocycles. The van der Waals surface area contributed by atoms with Gasteiger partial charge in [-0.3, -0.25) is 0 Å². The molecule has 1 N–H and O–H groups in total. The van der Waals surface area contributed by atoms with E-state index in [1.165, 1.54) is 5.56 Å². The highest BCUT2D eigenvalue weighted by Crippen LogP contribution is 2.27. The van der Waals surface area contributed by atoms with Crippen LogP contribution in [0.1, 0.15) is 25.8 Å². The second kappa shape index (κ2) is 8.82. The van der Waals surface area contributed by atoms with E-state index in [0.29, 0.717) is 12.1 Å². The fourth-order valence-electron chi connectivity index (χ4n) is 2.28. The normalized spacial score (nSPS) is 13.8. The van der Waals surface area contributed by atoms with Crippen molar-refractivity contribution in [2.24, 2.45) is 0 Å². The second-order valence-corrected chi connectivity index (χ2v) is 5.14. The van der Waals surface area contributed by atoms with E-state index in [2.05, 4.69) is 25.2 Å². The van der Waals surface area contributed by atoms with Gasteiger partial charge in [-0.15, -0.1) is 0 Å². The summed E-state index contributed by atoms with van der Waals surface area (Å²) in [7, 11) is 5.05. The maximum atomic E-state index is 5.33. The molecule has 2 atom stereocenters. The van der Waals surface area contributed by atoms with Gasteiger partial charge in [-0.05, 0) is 44.4 Å². The van der Waals surface area contributed by atoms with Crippen molar-refractivity contribution < 1.29 is 14.2 Å². The van der Waals surface area contributed by atoms with Crippen LogP contribution in [0.3, 0.4) is 0 Å². The van der Waals surface area contributed by atoms with Crippen molar-refractivity contribution in [2.75, 3.05) is 27.9 Å². The number of ether oxygens (including phenoxy) is 3. The van der Waals surface area contributed by atoms with E-state index in [0.717, 1.165) is 30.9 Å². The summed E-state index contributed by atoms with van der Waals surface area (Å²) in [5, 5.41) is 3.58. The zero-order valence-corrected chi connectivity index (χ0v) is 13.2. The third-order valence-electron chi connectivity index (χ3n) is 3.31. The van der Waals surface area contributed by atoms with E-state index in [9.17, 15) is 0 Å². The highest BCUT2D eigenvalue weighted by molar-refractivity contribution is 5.43. The highest BCUT2D eigenvalue weighted by Gasteiger charge is 2.10. The summed E-state index contributed by atoms with van der Waals surface area (Å²) in [5.41, 5.74) is 1.24. The van der Waals surface area contributed by atoms with E-state index in [1.807, 2.05) is 12.1 Å². The molecule has 0 heterocycles. The molecule has 1 aromatic rings. The van der Waals surface area contributed by atoms with Crippen molar-refractivity contribution in [2.45, 2.75) is 38.8 Å². The van der Waals surface area contributed by atoms with Crippen LogP contribution in [0.25, 0.3) is 0 Å². The molecule has 114 valence electrons. The molecule has 0 aliphatic carbocycles. The first kappa shape index (κ1) is 16.8. The zero-order chi connectivity index (χ0) is 15.0. The van der Waals surface area contributed by atoms with Crippen molar-refractivity contribution in [1.29, 1.82) is 0 Å². The molecular formula is C16H27NO3. The van der Waals surface area contributed by atoms with Gasteiger partial charge in [0.1, 0.15) is 0 Å². The lowest BCUT2D eigenvalue weighted by Crippen LogP contribution is -2.36. The molecule has 0 aliphatic rings. The average Bonchev–Trinajstić information content (AvgIpc) is 2.44. The molecule has 2 unspecified atom stereocenters. The van der Waals surface area contributed by atoms with Crippen LogP contribution in [-0.2, 0) is 11.2 Å². The van der Waals surface area contributed by atoms with Crippen LogP contribution in [-0.4, -0.2) is 40.0 Å². The Bertz CT molecular complexity index is 395. The zero-order valence-electron chi connectivity index (χ0n) is 13.2. The van der Waals surface area contributed by atoms with Gasteiger partial charge in [0, 0.05) is 25.8 Å². The quantitative estimate of drug-likeness (QED) is 0.755. The van der Waals surface area contributed by atoms with E-state index >= 15 is 0 Å². The lowest BCUT2D eigenvalue weighted by atomic mass is 10.1. The second-order valence-electron chi connectivity index (χ2n) is 5.14. The lowest BCUT2D eigenvalue weighted by molar-refractivity contribution is 0.183. The summed E-state index contributed by atoms with van der Waals surface area (Å²) in [4.78, 5) is 0. The largest absolute Gasteiger partial charge is 0.493 e. The predicted molar refractivity (Wildman–Crippen MR) is 81.8 cm³/mol. The van der Waals surface area contributed by atoms with Gasteiger partial charge in [0.05, 0.1) is 14.2 Å². The van der Waals surface area contributed by atoms with Crippen LogP contribution in [0.4, 0.5) is 0 Å². The topological polar surface area (TPSA) is 39.7 Å². The molecular weight excluding hydrogens is 254 g/mol. The Morgan fingerprint density at radius 3 is 2.30 bits per heavy atom. The number of nitrogens with one attached hydrogen (secondary N) is 1. The maximum Gasteiger partial charge on any atom is 0.160 e. The fourth-order valence-corrected chi connectivity index (χ4v) is 2.28. The van der Waals surface area contributed by atoms with Gasteiger partial charge < -0.3 is 19.5 Å². The first-order valence-electron chi connectivity index (χ1n) is 7.06. The average molecular weight is 281 g/mol. The summed E-state index contributed by atoms with van der Waals surface area (Å²) in [6.45, 7) is 5.17.